The van der Waals surface area contributed by atoms with Gasteiger partial charge in [-0.3, -0.25) is 9.69 Å². The maximum Gasteiger partial charge on any atom is 0.238 e. The first-order valence-corrected chi connectivity index (χ1v) is 6.22. The van der Waals surface area contributed by atoms with E-state index in [4.69, 9.17) is 5.26 Å². The van der Waals surface area contributed by atoms with E-state index in [-0.39, 0.29) is 24.2 Å². The van der Waals surface area contributed by atoms with Gasteiger partial charge in [-0.2, -0.15) is 5.26 Å². The predicted octanol–water partition coefficient (Wildman–Crippen LogP) is 2.25. The molecule has 0 radical (unpaired) electrons. The lowest BCUT2D eigenvalue weighted by Crippen LogP contribution is -2.35. The number of likely N-dealkylation sites (N-methyl/N-ethyl adjacent to an activating group) is 1. The lowest BCUT2D eigenvalue weighted by molar-refractivity contribution is -0.117. The summed E-state index contributed by atoms with van der Waals surface area (Å²) in [5.41, 5.74) is 0.439. The number of hydrogen-bond acceptors (Lipinski definition) is 3. The van der Waals surface area contributed by atoms with Crippen LogP contribution in [0.15, 0.2) is 24.3 Å². The molecule has 0 saturated heterocycles. The van der Waals surface area contributed by atoms with E-state index >= 15 is 0 Å². The van der Waals surface area contributed by atoms with Gasteiger partial charge in [0.2, 0.25) is 5.91 Å². The van der Waals surface area contributed by atoms with Crippen LogP contribution in [0.5, 0.6) is 0 Å². The Morgan fingerprint density at radius 3 is 2.89 bits per heavy atom. The smallest absolute Gasteiger partial charge is 0.238 e. The monoisotopic (exact) mass is 263 g/mol. The summed E-state index contributed by atoms with van der Waals surface area (Å²) in [6, 6.07) is 7.91. The zero-order valence-electron chi connectivity index (χ0n) is 11.2. The summed E-state index contributed by atoms with van der Waals surface area (Å²) in [6.07, 6.45) is 0. The summed E-state index contributed by atoms with van der Waals surface area (Å²) in [4.78, 5) is 13.7. The highest BCUT2D eigenvalue weighted by Gasteiger charge is 2.12. The molecular formula is C14H18FN3O. The Balaban J connectivity index is 2.52. The Labute approximate surface area is 112 Å². The van der Waals surface area contributed by atoms with E-state index in [1.54, 1.807) is 12.1 Å². The highest BCUT2D eigenvalue weighted by molar-refractivity contribution is 5.92. The number of halogens is 1. The third kappa shape index (κ3) is 5.49. The van der Waals surface area contributed by atoms with Gasteiger partial charge in [0.1, 0.15) is 5.82 Å². The Bertz CT molecular complexity index is 470. The fourth-order valence-electron chi connectivity index (χ4n) is 1.70. The second-order valence-corrected chi connectivity index (χ2v) is 4.42. The number of nitrogens with one attached hydrogen (secondary N) is 1. The number of benzene rings is 1. The van der Waals surface area contributed by atoms with Crippen molar-refractivity contribution in [2.75, 3.05) is 25.0 Å². The predicted molar refractivity (Wildman–Crippen MR) is 71.9 cm³/mol. The van der Waals surface area contributed by atoms with Gasteiger partial charge in [-0.05, 0) is 31.7 Å². The van der Waals surface area contributed by atoms with Gasteiger partial charge in [-0.1, -0.05) is 13.0 Å². The van der Waals surface area contributed by atoms with Crippen molar-refractivity contribution < 1.29 is 9.18 Å². The van der Waals surface area contributed by atoms with Crippen LogP contribution in [0.1, 0.15) is 13.8 Å². The summed E-state index contributed by atoms with van der Waals surface area (Å²) in [7, 11) is 0. The average molecular weight is 263 g/mol. The molecule has 0 aliphatic carbocycles. The zero-order chi connectivity index (χ0) is 14.3. The molecule has 0 fully saturated rings. The van der Waals surface area contributed by atoms with Crippen LogP contribution in [-0.4, -0.2) is 30.4 Å². The van der Waals surface area contributed by atoms with Crippen molar-refractivity contribution in [3.05, 3.63) is 30.1 Å². The fourth-order valence-corrected chi connectivity index (χ4v) is 1.70. The molecule has 0 aliphatic rings. The van der Waals surface area contributed by atoms with E-state index in [0.717, 1.165) is 0 Å². The molecular weight excluding hydrogens is 245 g/mol. The lowest BCUT2D eigenvalue weighted by Gasteiger charge is -2.20. The molecule has 1 aromatic carbocycles. The molecule has 1 aromatic rings. The number of carbonyl (C=O) groups excluding carboxylic acids is 1. The van der Waals surface area contributed by atoms with Crippen LogP contribution >= 0.6 is 0 Å². The number of rotatable bonds is 6. The summed E-state index contributed by atoms with van der Waals surface area (Å²) >= 11 is 0. The van der Waals surface area contributed by atoms with Crippen LogP contribution in [0.4, 0.5) is 10.1 Å². The molecule has 0 saturated carbocycles. The van der Waals surface area contributed by atoms with Crippen LogP contribution in [0.2, 0.25) is 0 Å². The number of carbonyl (C=O) groups is 1. The minimum Gasteiger partial charge on any atom is -0.325 e. The normalized spacial score (nSPS) is 11.9. The van der Waals surface area contributed by atoms with Gasteiger partial charge < -0.3 is 5.32 Å². The molecule has 0 heterocycles. The van der Waals surface area contributed by atoms with Crippen LogP contribution in [0.3, 0.4) is 0 Å². The Morgan fingerprint density at radius 1 is 1.58 bits per heavy atom. The number of anilines is 1. The maximum absolute atomic E-state index is 13.0. The third-order valence-electron chi connectivity index (χ3n) is 2.68. The van der Waals surface area contributed by atoms with Crippen molar-refractivity contribution in [2.24, 2.45) is 5.92 Å². The largest absolute Gasteiger partial charge is 0.325 e. The van der Waals surface area contributed by atoms with Crippen LogP contribution in [0.25, 0.3) is 0 Å². The van der Waals surface area contributed by atoms with Crippen molar-refractivity contribution in [3.8, 4) is 6.07 Å². The Kier molecular flexibility index (Phi) is 5.97. The van der Waals surface area contributed by atoms with Crippen LogP contribution in [-0.2, 0) is 4.79 Å². The highest BCUT2D eigenvalue weighted by Crippen LogP contribution is 2.09. The van der Waals surface area contributed by atoms with E-state index < -0.39 is 0 Å². The van der Waals surface area contributed by atoms with Crippen molar-refractivity contribution in [2.45, 2.75) is 13.8 Å². The van der Waals surface area contributed by atoms with Gasteiger partial charge >= 0.3 is 0 Å². The molecule has 1 amide bonds. The molecule has 4 nitrogen and oxygen atoms in total. The molecule has 0 spiro atoms. The number of nitrogens with zero attached hydrogens (tertiary/aromatic N) is 2. The SMILES string of the molecule is CCN(CC(=O)Nc1cccc(F)c1)CC(C)C#N. The average Bonchev–Trinajstić information content (AvgIpc) is 2.37. The molecule has 102 valence electrons. The quantitative estimate of drug-likeness (QED) is 0.856. The molecule has 0 bridgehead atoms. The standard InChI is InChI=1S/C14H18FN3O/c1-3-18(9-11(2)8-16)10-14(19)17-13-6-4-5-12(15)7-13/h4-7,11H,3,9-10H2,1-2H3,(H,17,19). The van der Waals surface area contributed by atoms with Gasteiger partial charge in [0.05, 0.1) is 18.5 Å². The van der Waals surface area contributed by atoms with E-state index in [2.05, 4.69) is 11.4 Å². The summed E-state index contributed by atoms with van der Waals surface area (Å²) in [6.45, 7) is 5.16. The van der Waals surface area contributed by atoms with Crippen molar-refractivity contribution in [3.63, 3.8) is 0 Å². The van der Waals surface area contributed by atoms with Crippen molar-refractivity contribution >= 4 is 11.6 Å². The van der Waals surface area contributed by atoms with Crippen molar-refractivity contribution in [1.82, 2.24) is 4.90 Å². The number of nitriles is 1. The molecule has 1 N–H and O–H groups in total. The van der Waals surface area contributed by atoms with Gasteiger partial charge in [-0.25, -0.2) is 4.39 Å². The zero-order valence-corrected chi connectivity index (χ0v) is 11.2. The van der Waals surface area contributed by atoms with E-state index in [1.807, 2.05) is 18.7 Å². The maximum atomic E-state index is 13.0. The van der Waals surface area contributed by atoms with E-state index in [9.17, 15) is 9.18 Å². The minimum absolute atomic E-state index is 0.123. The molecule has 1 atom stereocenters. The number of amides is 1. The topological polar surface area (TPSA) is 56.1 Å². The van der Waals surface area contributed by atoms with E-state index in [0.29, 0.717) is 18.8 Å². The first-order chi connectivity index (χ1) is 9.05. The highest BCUT2D eigenvalue weighted by atomic mass is 19.1. The molecule has 0 aromatic heterocycles. The molecule has 1 rings (SSSR count). The Hall–Kier alpha value is -1.93. The van der Waals surface area contributed by atoms with Crippen LogP contribution in [0, 0.1) is 23.1 Å². The third-order valence-corrected chi connectivity index (χ3v) is 2.68. The second kappa shape index (κ2) is 7.49. The summed E-state index contributed by atoms with van der Waals surface area (Å²) in [5, 5.41) is 11.4. The van der Waals surface area contributed by atoms with Crippen molar-refractivity contribution in [1.29, 1.82) is 5.26 Å². The van der Waals surface area contributed by atoms with Crippen LogP contribution < -0.4 is 5.32 Å². The summed E-state index contributed by atoms with van der Waals surface area (Å²) < 4.78 is 13.0. The first-order valence-electron chi connectivity index (χ1n) is 6.22. The molecule has 5 heteroatoms. The van der Waals surface area contributed by atoms with Gasteiger partial charge in [-0.15, -0.1) is 0 Å². The number of hydrogen-bond donors (Lipinski definition) is 1. The Morgan fingerprint density at radius 2 is 2.32 bits per heavy atom. The molecule has 0 aliphatic heterocycles. The van der Waals surface area contributed by atoms with Gasteiger partial charge in [0.25, 0.3) is 0 Å². The fraction of sp³-hybridized carbons (Fsp3) is 0.429. The second-order valence-electron chi connectivity index (χ2n) is 4.42. The molecule has 1 unspecified atom stereocenters. The lowest BCUT2D eigenvalue weighted by atomic mass is 10.2. The summed E-state index contributed by atoms with van der Waals surface area (Å²) in [5.74, 6) is -0.720. The molecule has 19 heavy (non-hydrogen) atoms. The van der Waals surface area contributed by atoms with Gasteiger partial charge in [0.15, 0.2) is 0 Å². The first kappa shape index (κ1) is 15.1. The van der Waals surface area contributed by atoms with Gasteiger partial charge in [0, 0.05) is 12.2 Å². The van der Waals surface area contributed by atoms with E-state index in [1.165, 1.54) is 12.1 Å². The minimum atomic E-state index is -0.386.